The molecular formula is C11H21ClN2. The SMILES string of the molecule is C=C(CCl)CN1CCCC(N(C)C)C1. The minimum Gasteiger partial charge on any atom is -0.305 e. The van der Waals surface area contributed by atoms with Crippen LogP contribution in [0.25, 0.3) is 0 Å². The molecule has 0 aromatic rings. The third-order valence-corrected chi connectivity index (χ3v) is 3.23. The van der Waals surface area contributed by atoms with Gasteiger partial charge in [-0.05, 0) is 39.1 Å². The molecule has 1 fully saturated rings. The van der Waals surface area contributed by atoms with Gasteiger partial charge in [-0.2, -0.15) is 0 Å². The molecule has 0 aliphatic carbocycles. The molecular weight excluding hydrogens is 196 g/mol. The van der Waals surface area contributed by atoms with Gasteiger partial charge in [-0.15, -0.1) is 11.6 Å². The molecule has 1 rings (SSSR count). The molecule has 82 valence electrons. The van der Waals surface area contributed by atoms with Crippen LogP contribution in [0.15, 0.2) is 12.2 Å². The van der Waals surface area contributed by atoms with Crippen LogP contribution in [0.1, 0.15) is 12.8 Å². The monoisotopic (exact) mass is 216 g/mol. The van der Waals surface area contributed by atoms with E-state index in [4.69, 9.17) is 11.6 Å². The first kappa shape index (κ1) is 12.0. The van der Waals surface area contributed by atoms with Gasteiger partial charge < -0.3 is 4.90 Å². The smallest absolute Gasteiger partial charge is 0.0443 e. The predicted molar refractivity (Wildman–Crippen MR) is 63.0 cm³/mol. The maximum Gasteiger partial charge on any atom is 0.0443 e. The molecule has 1 heterocycles. The molecule has 0 radical (unpaired) electrons. The molecule has 1 unspecified atom stereocenters. The number of hydrogen-bond acceptors (Lipinski definition) is 2. The molecule has 0 saturated carbocycles. The van der Waals surface area contributed by atoms with Crippen LogP contribution >= 0.6 is 11.6 Å². The summed E-state index contributed by atoms with van der Waals surface area (Å²) in [4.78, 5) is 4.77. The summed E-state index contributed by atoms with van der Waals surface area (Å²) in [6.45, 7) is 7.27. The summed E-state index contributed by atoms with van der Waals surface area (Å²) in [6, 6.07) is 0.701. The average Bonchev–Trinajstić information content (AvgIpc) is 2.18. The molecule has 1 saturated heterocycles. The van der Waals surface area contributed by atoms with Gasteiger partial charge >= 0.3 is 0 Å². The average molecular weight is 217 g/mol. The van der Waals surface area contributed by atoms with Crippen molar-refractivity contribution in [2.45, 2.75) is 18.9 Å². The van der Waals surface area contributed by atoms with Gasteiger partial charge in [0.2, 0.25) is 0 Å². The van der Waals surface area contributed by atoms with Crippen LogP contribution in [-0.2, 0) is 0 Å². The van der Waals surface area contributed by atoms with E-state index in [-0.39, 0.29) is 0 Å². The number of alkyl halides is 1. The van der Waals surface area contributed by atoms with Crippen molar-refractivity contribution in [3.8, 4) is 0 Å². The van der Waals surface area contributed by atoms with Gasteiger partial charge in [0.05, 0.1) is 0 Å². The van der Waals surface area contributed by atoms with Crippen molar-refractivity contribution in [2.75, 3.05) is 39.6 Å². The summed E-state index contributed by atoms with van der Waals surface area (Å²) >= 11 is 5.73. The van der Waals surface area contributed by atoms with E-state index in [1.807, 2.05) is 0 Å². The molecule has 1 aliphatic heterocycles. The van der Waals surface area contributed by atoms with E-state index in [2.05, 4.69) is 30.5 Å². The molecule has 1 atom stereocenters. The Balaban J connectivity index is 2.36. The van der Waals surface area contributed by atoms with Crippen LogP contribution in [0.2, 0.25) is 0 Å². The fourth-order valence-electron chi connectivity index (χ4n) is 1.95. The Morgan fingerprint density at radius 1 is 1.57 bits per heavy atom. The van der Waals surface area contributed by atoms with Crippen LogP contribution < -0.4 is 0 Å². The first-order valence-electron chi connectivity index (χ1n) is 5.25. The number of halogens is 1. The molecule has 0 amide bonds. The quantitative estimate of drug-likeness (QED) is 0.523. The topological polar surface area (TPSA) is 6.48 Å². The molecule has 14 heavy (non-hydrogen) atoms. The molecule has 0 N–H and O–H groups in total. The number of likely N-dealkylation sites (N-methyl/N-ethyl adjacent to an activating group) is 1. The molecule has 0 aromatic heterocycles. The van der Waals surface area contributed by atoms with E-state index in [0.29, 0.717) is 11.9 Å². The summed E-state index contributed by atoms with van der Waals surface area (Å²) in [6.07, 6.45) is 2.61. The highest BCUT2D eigenvalue weighted by molar-refractivity contribution is 6.19. The highest BCUT2D eigenvalue weighted by Gasteiger charge is 2.21. The first-order valence-corrected chi connectivity index (χ1v) is 5.78. The second kappa shape index (κ2) is 5.74. The second-order valence-corrected chi connectivity index (χ2v) is 4.65. The van der Waals surface area contributed by atoms with Gasteiger partial charge in [-0.25, -0.2) is 0 Å². The summed E-state index contributed by atoms with van der Waals surface area (Å²) in [7, 11) is 4.31. The molecule has 3 heteroatoms. The number of likely N-dealkylation sites (tertiary alicyclic amines) is 1. The maximum absolute atomic E-state index is 5.73. The van der Waals surface area contributed by atoms with Crippen molar-refractivity contribution >= 4 is 11.6 Å². The lowest BCUT2D eigenvalue weighted by molar-refractivity contribution is 0.141. The third-order valence-electron chi connectivity index (χ3n) is 2.85. The van der Waals surface area contributed by atoms with Crippen molar-refractivity contribution in [3.63, 3.8) is 0 Å². The summed E-state index contributed by atoms with van der Waals surface area (Å²) in [5.74, 6) is 0.586. The van der Waals surface area contributed by atoms with Crippen LogP contribution in [-0.4, -0.2) is 55.5 Å². The number of nitrogens with zero attached hydrogens (tertiary/aromatic N) is 2. The van der Waals surface area contributed by atoms with Gasteiger partial charge in [-0.3, -0.25) is 4.90 Å². The summed E-state index contributed by atoms with van der Waals surface area (Å²) in [5, 5.41) is 0. The lowest BCUT2D eigenvalue weighted by atomic mass is 10.0. The van der Waals surface area contributed by atoms with Crippen molar-refractivity contribution in [1.82, 2.24) is 9.80 Å². The van der Waals surface area contributed by atoms with Gasteiger partial charge in [0.1, 0.15) is 0 Å². The standard InChI is InChI=1S/C11H21ClN2/c1-10(7-12)8-14-6-4-5-11(9-14)13(2)3/h11H,1,4-9H2,2-3H3. The van der Waals surface area contributed by atoms with Gasteiger partial charge in [-0.1, -0.05) is 6.58 Å². The minimum atomic E-state index is 0.586. The Hall–Kier alpha value is -0.0500. The summed E-state index contributed by atoms with van der Waals surface area (Å²) in [5.41, 5.74) is 1.13. The Labute approximate surface area is 92.5 Å². The Morgan fingerprint density at radius 2 is 2.29 bits per heavy atom. The van der Waals surface area contributed by atoms with E-state index >= 15 is 0 Å². The van der Waals surface area contributed by atoms with Crippen LogP contribution in [0.5, 0.6) is 0 Å². The molecule has 1 aliphatic rings. The van der Waals surface area contributed by atoms with E-state index < -0.39 is 0 Å². The third kappa shape index (κ3) is 3.60. The first-order chi connectivity index (χ1) is 6.63. The van der Waals surface area contributed by atoms with Crippen molar-refractivity contribution < 1.29 is 0 Å². The number of piperidine rings is 1. The van der Waals surface area contributed by atoms with Gasteiger partial charge in [0.25, 0.3) is 0 Å². The molecule has 0 aromatic carbocycles. The van der Waals surface area contributed by atoms with E-state index in [1.165, 1.54) is 19.4 Å². The van der Waals surface area contributed by atoms with Crippen LogP contribution in [0.3, 0.4) is 0 Å². The Morgan fingerprint density at radius 3 is 2.86 bits per heavy atom. The fraction of sp³-hybridized carbons (Fsp3) is 0.818. The molecule has 0 spiro atoms. The lowest BCUT2D eigenvalue weighted by Gasteiger charge is -2.36. The van der Waals surface area contributed by atoms with Gasteiger partial charge in [0, 0.05) is 25.0 Å². The predicted octanol–water partition coefficient (Wildman–Crippen LogP) is 1.81. The van der Waals surface area contributed by atoms with Crippen molar-refractivity contribution in [3.05, 3.63) is 12.2 Å². The zero-order chi connectivity index (χ0) is 10.6. The van der Waals surface area contributed by atoms with Gasteiger partial charge in [0.15, 0.2) is 0 Å². The number of rotatable bonds is 4. The van der Waals surface area contributed by atoms with E-state index in [1.54, 1.807) is 0 Å². The normalized spacial score (nSPS) is 24.1. The zero-order valence-electron chi connectivity index (χ0n) is 9.30. The number of hydrogen-bond donors (Lipinski definition) is 0. The largest absolute Gasteiger partial charge is 0.305 e. The van der Waals surface area contributed by atoms with E-state index in [0.717, 1.165) is 18.7 Å². The maximum atomic E-state index is 5.73. The Bertz CT molecular complexity index is 192. The lowest BCUT2D eigenvalue weighted by Crippen LogP contribution is -2.45. The zero-order valence-corrected chi connectivity index (χ0v) is 10.1. The van der Waals surface area contributed by atoms with Crippen LogP contribution in [0, 0.1) is 0 Å². The molecule has 0 bridgehead atoms. The minimum absolute atomic E-state index is 0.586. The van der Waals surface area contributed by atoms with Crippen molar-refractivity contribution in [1.29, 1.82) is 0 Å². The Kier molecular flexibility index (Phi) is 4.93. The highest BCUT2D eigenvalue weighted by atomic mass is 35.5. The fourth-order valence-corrected chi connectivity index (χ4v) is 2.04. The summed E-state index contributed by atoms with van der Waals surface area (Å²) < 4.78 is 0. The highest BCUT2D eigenvalue weighted by Crippen LogP contribution is 2.14. The molecule has 2 nitrogen and oxygen atoms in total. The second-order valence-electron chi connectivity index (χ2n) is 4.38. The van der Waals surface area contributed by atoms with Crippen molar-refractivity contribution in [2.24, 2.45) is 0 Å². The van der Waals surface area contributed by atoms with Crippen LogP contribution in [0.4, 0.5) is 0 Å². The van der Waals surface area contributed by atoms with E-state index in [9.17, 15) is 0 Å².